The van der Waals surface area contributed by atoms with Crippen molar-refractivity contribution in [3.05, 3.63) is 0 Å². The molecule has 0 radical (unpaired) electrons. The van der Waals surface area contributed by atoms with Crippen molar-refractivity contribution in [2.24, 2.45) is 17.8 Å². The highest BCUT2D eigenvalue weighted by Crippen LogP contribution is 2.59. The molecule has 0 saturated heterocycles. The molecule has 4 aliphatic rings. The van der Waals surface area contributed by atoms with Crippen LogP contribution in [0, 0.1) is 17.8 Å². The van der Waals surface area contributed by atoms with Gasteiger partial charge in [-0.1, -0.05) is 5.23 Å². The molecule has 4 saturated carbocycles. The van der Waals surface area contributed by atoms with Gasteiger partial charge in [0.15, 0.2) is 0 Å². The molecule has 2 N–H and O–H groups in total. The first-order chi connectivity index (χ1) is 6.57. The highest BCUT2D eigenvalue weighted by molar-refractivity contribution is 6.24. The summed E-state index contributed by atoms with van der Waals surface area (Å²) in [5.41, 5.74) is 0. The second-order valence-corrected chi connectivity index (χ2v) is 6.23. The average Bonchev–Trinajstić information content (AvgIpc) is 1.97. The number of rotatable bonds is 1. The average molecular weight is 218 g/mol. The quantitative estimate of drug-likeness (QED) is 0.523. The Balaban J connectivity index is 1.89. The van der Waals surface area contributed by atoms with Crippen LogP contribution in [0.1, 0.15) is 32.1 Å². The summed E-state index contributed by atoms with van der Waals surface area (Å²) in [7, 11) is 0. The molecule has 0 spiro atoms. The molecule has 0 amide bonds. The minimum Gasteiger partial charge on any atom is -0.289 e. The topological polar surface area (TPSA) is 43.7 Å². The van der Waals surface area contributed by atoms with Gasteiger partial charge in [0, 0.05) is 4.87 Å². The van der Waals surface area contributed by atoms with Gasteiger partial charge in [-0.25, -0.2) is 0 Å². The van der Waals surface area contributed by atoms with Crippen molar-refractivity contribution in [3.8, 4) is 0 Å². The number of hydrogen-bond donors (Lipinski definition) is 2. The van der Waals surface area contributed by atoms with Gasteiger partial charge in [-0.3, -0.25) is 10.4 Å². The fourth-order valence-corrected chi connectivity index (χ4v) is 4.89. The van der Waals surface area contributed by atoms with Gasteiger partial charge >= 0.3 is 0 Å². The van der Waals surface area contributed by atoms with Gasteiger partial charge in [-0.05, 0) is 49.9 Å². The SMILES string of the molecule is ON(O)C1C2CC3CC1CC(Cl)(C3)C2. The van der Waals surface area contributed by atoms with E-state index in [2.05, 4.69) is 0 Å². The minimum absolute atomic E-state index is 0.0109. The Bertz CT molecular complexity index is 243. The number of alkyl halides is 1. The van der Waals surface area contributed by atoms with E-state index in [0.29, 0.717) is 17.1 Å². The molecule has 0 heterocycles. The molecule has 4 heteroatoms. The maximum atomic E-state index is 9.21. The van der Waals surface area contributed by atoms with Crippen molar-refractivity contribution in [1.29, 1.82) is 0 Å². The van der Waals surface area contributed by atoms with Crippen LogP contribution in [0.4, 0.5) is 0 Å². The van der Waals surface area contributed by atoms with Crippen LogP contribution in [0.5, 0.6) is 0 Å². The predicted octanol–water partition coefficient (Wildman–Crippen LogP) is 2.25. The van der Waals surface area contributed by atoms with Crippen LogP contribution in [0.2, 0.25) is 0 Å². The maximum absolute atomic E-state index is 9.21. The molecule has 0 aromatic heterocycles. The zero-order chi connectivity index (χ0) is 9.92. The van der Waals surface area contributed by atoms with E-state index in [0.717, 1.165) is 38.0 Å². The van der Waals surface area contributed by atoms with E-state index < -0.39 is 0 Å². The molecule has 4 bridgehead atoms. The molecular weight excluding hydrogens is 202 g/mol. The first-order valence-electron chi connectivity index (χ1n) is 5.43. The van der Waals surface area contributed by atoms with Crippen molar-refractivity contribution < 1.29 is 10.4 Å². The van der Waals surface area contributed by atoms with E-state index in [4.69, 9.17) is 11.6 Å². The molecule has 2 unspecified atom stereocenters. The fourth-order valence-electron chi connectivity index (χ4n) is 4.28. The summed E-state index contributed by atoms with van der Waals surface area (Å²) in [6.45, 7) is 0. The Morgan fingerprint density at radius 3 is 2.07 bits per heavy atom. The second kappa shape index (κ2) is 2.85. The summed E-state index contributed by atoms with van der Waals surface area (Å²) < 4.78 is 0. The molecule has 3 nitrogen and oxygen atoms in total. The van der Waals surface area contributed by atoms with E-state index in [1.54, 1.807) is 0 Å². The largest absolute Gasteiger partial charge is 0.289 e. The summed E-state index contributed by atoms with van der Waals surface area (Å²) in [5.74, 6) is 1.53. The lowest BCUT2D eigenvalue weighted by Crippen LogP contribution is -2.58. The van der Waals surface area contributed by atoms with E-state index in [1.807, 2.05) is 0 Å². The number of halogens is 1. The van der Waals surface area contributed by atoms with Crippen molar-refractivity contribution >= 4 is 11.6 Å². The Morgan fingerprint density at radius 1 is 1.07 bits per heavy atom. The Hall–Kier alpha value is 0.170. The molecule has 14 heavy (non-hydrogen) atoms. The van der Waals surface area contributed by atoms with Crippen LogP contribution in [0.3, 0.4) is 0 Å². The highest BCUT2D eigenvalue weighted by Gasteiger charge is 2.56. The summed E-state index contributed by atoms with van der Waals surface area (Å²) in [6, 6.07) is -0.0570. The standard InChI is InChI=1S/C10H16ClNO2/c11-10-3-6-1-7(4-10)9(12(13)14)8(2-6)5-10/h6-9,13-14H,1-5H2. The summed E-state index contributed by atoms with van der Waals surface area (Å²) in [6.07, 6.45) is 5.33. The molecule has 0 aromatic carbocycles. The molecule has 4 fully saturated rings. The van der Waals surface area contributed by atoms with Gasteiger partial charge in [0.25, 0.3) is 0 Å². The van der Waals surface area contributed by atoms with Crippen LogP contribution in [-0.2, 0) is 0 Å². The van der Waals surface area contributed by atoms with Crippen LogP contribution in [-0.4, -0.2) is 26.6 Å². The third kappa shape index (κ3) is 1.23. The Labute approximate surface area is 88.6 Å². The molecule has 2 atom stereocenters. The maximum Gasteiger partial charge on any atom is 0.0681 e. The van der Waals surface area contributed by atoms with E-state index in [1.165, 1.54) is 0 Å². The van der Waals surface area contributed by atoms with Crippen LogP contribution in [0.15, 0.2) is 0 Å². The normalized spacial score (nSPS) is 55.7. The molecule has 4 aliphatic carbocycles. The smallest absolute Gasteiger partial charge is 0.0681 e. The molecule has 4 rings (SSSR count). The fraction of sp³-hybridized carbons (Fsp3) is 1.00. The predicted molar refractivity (Wildman–Crippen MR) is 51.3 cm³/mol. The molecular formula is C10H16ClNO2. The first kappa shape index (κ1) is 9.40. The van der Waals surface area contributed by atoms with Crippen molar-refractivity contribution in [2.45, 2.75) is 43.0 Å². The number of hydroxylamine groups is 2. The zero-order valence-corrected chi connectivity index (χ0v) is 8.82. The van der Waals surface area contributed by atoms with Gasteiger partial charge in [-0.15, -0.1) is 11.6 Å². The third-order valence-electron chi connectivity index (χ3n) is 4.42. The first-order valence-corrected chi connectivity index (χ1v) is 5.81. The van der Waals surface area contributed by atoms with Gasteiger partial charge < -0.3 is 0 Å². The van der Waals surface area contributed by atoms with Crippen LogP contribution in [0.25, 0.3) is 0 Å². The number of nitrogens with zero attached hydrogens (tertiary/aromatic N) is 1. The Morgan fingerprint density at radius 2 is 1.64 bits per heavy atom. The highest BCUT2D eigenvalue weighted by atomic mass is 35.5. The summed E-state index contributed by atoms with van der Waals surface area (Å²) >= 11 is 6.52. The molecule has 0 aromatic rings. The lowest BCUT2D eigenvalue weighted by Gasteiger charge is -2.58. The summed E-state index contributed by atoms with van der Waals surface area (Å²) in [5, 5.41) is 18.9. The lowest BCUT2D eigenvalue weighted by atomic mass is 9.54. The van der Waals surface area contributed by atoms with E-state index in [9.17, 15) is 10.4 Å². The van der Waals surface area contributed by atoms with E-state index in [-0.39, 0.29) is 10.9 Å². The third-order valence-corrected chi connectivity index (χ3v) is 4.88. The lowest BCUT2D eigenvalue weighted by molar-refractivity contribution is -0.359. The molecule has 80 valence electrons. The van der Waals surface area contributed by atoms with Gasteiger partial charge in [-0.2, -0.15) is 0 Å². The van der Waals surface area contributed by atoms with Crippen LogP contribution >= 0.6 is 11.6 Å². The van der Waals surface area contributed by atoms with Gasteiger partial charge in [0.05, 0.1) is 6.04 Å². The minimum atomic E-state index is -0.0570. The van der Waals surface area contributed by atoms with Crippen LogP contribution < -0.4 is 0 Å². The Kier molecular flexibility index (Phi) is 1.91. The molecule has 0 aliphatic heterocycles. The monoisotopic (exact) mass is 217 g/mol. The van der Waals surface area contributed by atoms with Crippen molar-refractivity contribution in [1.82, 2.24) is 5.23 Å². The van der Waals surface area contributed by atoms with Gasteiger partial charge in [0.1, 0.15) is 0 Å². The van der Waals surface area contributed by atoms with Crippen molar-refractivity contribution in [2.75, 3.05) is 0 Å². The van der Waals surface area contributed by atoms with Crippen molar-refractivity contribution in [3.63, 3.8) is 0 Å². The van der Waals surface area contributed by atoms with E-state index >= 15 is 0 Å². The zero-order valence-electron chi connectivity index (χ0n) is 8.06. The van der Waals surface area contributed by atoms with Gasteiger partial charge in [0.2, 0.25) is 0 Å². The summed E-state index contributed by atoms with van der Waals surface area (Å²) in [4.78, 5) is -0.0109. The number of hydrogen-bond acceptors (Lipinski definition) is 3. The second-order valence-electron chi connectivity index (χ2n) is 5.43.